The molecule has 1 fully saturated rings. The quantitative estimate of drug-likeness (QED) is 0.330. The number of benzene rings is 1. The van der Waals surface area contributed by atoms with Crippen molar-refractivity contribution in [3.05, 3.63) is 65.8 Å². The molecule has 0 spiro atoms. The average Bonchev–Trinajstić information content (AvgIpc) is 3.70. The standard InChI is InChI=1S/C28H26N8O4/c1-15-13-35(28(38)40-15)20-6-7-23(33-19(20)14-34(2)3)32-18-5-4-16(17-10-30-26(37)25(17)18)22-11-29-24-12-31-27-21(36(22)24)8-9-39-27/h4-9,11-12,15H,10,13-14H2,1-3H3,(H,30,37)(H,32,33). The van der Waals surface area contributed by atoms with E-state index in [4.69, 9.17) is 14.1 Å². The molecular formula is C28H26N8O4. The van der Waals surface area contributed by atoms with Crippen LogP contribution in [0.5, 0.6) is 0 Å². The van der Waals surface area contributed by atoms with Gasteiger partial charge in [0.25, 0.3) is 5.91 Å². The van der Waals surface area contributed by atoms with Gasteiger partial charge in [-0.3, -0.25) is 14.1 Å². The van der Waals surface area contributed by atoms with E-state index in [2.05, 4.69) is 20.6 Å². The van der Waals surface area contributed by atoms with Crippen LogP contribution in [0, 0.1) is 0 Å². The van der Waals surface area contributed by atoms with Crippen molar-refractivity contribution in [3.8, 4) is 11.3 Å². The molecule has 202 valence electrons. The number of ether oxygens (including phenoxy) is 1. The number of amides is 2. The summed E-state index contributed by atoms with van der Waals surface area (Å²) in [5.41, 5.74) is 7.22. The number of imidazole rings is 1. The van der Waals surface area contributed by atoms with E-state index in [1.165, 1.54) is 0 Å². The highest BCUT2D eigenvalue weighted by Crippen LogP contribution is 2.37. The lowest BCUT2D eigenvalue weighted by Gasteiger charge is -2.20. The van der Waals surface area contributed by atoms with Crippen molar-refractivity contribution in [3.63, 3.8) is 0 Å². The van der Waals surface area contributed by atoms with E-state index in [0.717, 1.165) is 28.0 Å². The van der Waals surface area contributed by atoms with Crippen LogP contribution in [0.15, 0.2) is 53.4 Å². The minimum atomic E-state index is -0.379. The largest absolute Gasteiger partial charge is 0.445 e. The van der Waals surface area contributed by atoms with E-state index in [1.807, 2.05) is 60.7 Å². The smallest absolute Gasteiger partial charge is 0.414 e. The van der Waals surface area contributed by atoms with Gasteiger partial charge in [0.1, 0.15) is 17.4 Å². The Morgan fingerprint density at radius 1 is 1.12 bits per heavy atom. The molecule has 12 nitrogen and oxygen atoms in total. The molecule has 1 saturated heterocycles. The number of fused-ring (bicyclic) bond motifs is 4. The molecule has 2 amide bonds. The first-order chi connectivity index (χ1) is 19.4. The number of carbonyl (C=O) groups excluding carboxylic acids is 2. The van der Waals surface area contributed by atoms with Crippen LogP contribution in [0.25, 0.3) is 28.1 Å². The molecule has 2 aliphatic heterocycles. The lowest BCUT2D eigenvalue weighted by atomic mass is 9.99. The van der Waals surface area contributed by atoms with Gasteiger partial charge >= 0.3 is 6.09 Å². The third kappa shape index (κ3) is 3.83. The normalized spacial score (nSPS) is 16.7. The van der Waals surface area contributed by atoms with E-state index in [0.29, 0.717) is 53.8 Å². The molecule has 12 heteroatoms. The summed E-state index contributed by atoms with van der Waals surface area (Å²) in [4.78, 5) is 42.8. The number of cyclic esters (lactones) is 1. The Kier molecular flexibility index (Phi) is 5.46. The molecule has 1 aromatic carbocycles. The summed E-state index contributed by atoms with van der Waals surface area (Å²) in [6, 6.07) is 9.39. The Labute approximate surface area is 228 Å². The first-order valence-corrected chi connectivity index (χ1v) is 12.9. The zero-order chi connectivity index (χ0) is 27.5. The number of nitrogens with one attached hydrogen (secondary N) is 2. The number of nitrogens with zero attached hydrogens (tertiary/aromatic N) is 6. The molecule has 7 rings (SSSR count). The number of aromatic nitrogens is 4. The van der Waals surface area contributed by atoms with Gasteiger partial charge in [-0.1, -0.05) is 6.07 Å². The fourth-order valence-electron chi connectivity index (χ4n) is 5.43. The topological polar surface area (TPSA) is 130 Å². The highest BCUT2D eigenvalue weighted by Gasteiger charge is 2.32. The Bertz CT molecular complexity index is 1820. The maximum absolute atomic E-state index is 13.1. The Balaban J connectivity index is 1.29. The molecule has 0 aliphatic carbocycles. The van der Waals surface area contributed by atoms with Crippen molar-refractivity contribution in [2.45, 2.75) is 26.1 Å². The van der Waals surface area contributed by atoms with Crippen molar-refractivity contribution in [1.82, 2.24) is 29.6 Å². The van der Waals surface area contributed by atoms with Gasteiger partial charge in [0.05, 0.1) is 53.5 Å². The summed E-state index contributed by atoms with van der Waals surface area (Å²) < 4.78 is 12.8. The molecular weight excluding hydrogens is 512 g/mol. The number of hydrogen-bond donors (Lipinski definition) is 2. The van der Waals surface area contributed by atoms with E-state index < -0.39 is 0 Å². The summed E-state index contributed by atoms with van der Waals surface area (Å²) >= 11 is 0. The minimum Gasteiger partial charge on any atom is -0.445 e. The molecule has 2 aliphatic rings. The van der Waals surface area contributed by atoms with Gasteiger partial charge in [-0.15, -0.1) is 0 Å². The zero-order valence-corrected chi connectivity index (χ0v) is 22.1. The Morgan fingerprint density at radius 3 is 2.80 bits per heavy atom. The Morgan fingerprint density at radius 2 is 2.00 bits per heavy atom. The predicted octanol–water partition coefficient (Wildman–Crippen LogP) is 3.93. The molecule has 5 aromatic rings. The first-order valence-electron chi connectivity index (χ1n) is 12.9. The van der Waals surface area contributed by atoms with Crippen LogP contribution in [-0.4, -0.2) is 63.0 Å². The number of furan rings is 1. The SMILES string of the molecule is CC1CN(c2ccc(Nc3ccc(-c4cnc5cnc6occc6n45)c4c3C(=O)NC4)nc2CN(C)C)C(=O)O1. The fraction of sp³-hybridized carbons (Fsp3) is 0.250. The highest BCUT2D eigenvalue weighted by molar-refractivity contribution is 6.06. The lowest BCUT2D eigenvalue weighted by Crippen LogP contribution is -2.27. The molecule has 0 radical (unpaired) electrons. The summed E-state index contributed by atoms with van der Waals surface area (Å²) in [6.07, 6.45) is 4.48. The zero-order valence-electron chi connectivity index (χ0n) is 22.1. The van der Waals surface area contributed by atoms with E-state index >= 15 is 0 Å². The number of carbonyl (C=O) groups is 2. The summed E-state index contributed by atoms with van der Waals surface area (Å²) in [7, 11) is 3.89. The van der Waals surface area contributed by atoms with E-state index in [9.17, 15) is 9.59 Å². The van der Waals surface area contributed by atoms with Crippen molar-refractivity contribution in [2.75, 3.05) is 30.9 Å². The molecule has 0 bridgehead atoms. The van der Waals surface area contributed by atoms with Gasteiger partial charge in [-0.2, -0.15) is 0 Å². The van der Waals surface area contributed by atoms with Gasteiger partial charge < -0.3 is 24.7 Å². The third-order valence-electron chi connectivity index (χ3n) is 7.13. The number of anilines is 3. The highest BCUT2D eigenvalue weighted by atomic mass is 16.6. The van der Waals surface area contributed by atoms with Crippen LogP contribution in [-0.2, 0) is 17.8 Å². The van der Waals surface area contributed by atoms with E-state index in [1.54, 1.807) is 23.6 Å². The van der Waals surface area contributed by atoms with Crippen LogP contribution < -0.4 is 15.5 Å². The number of pyridine rings is 1. The van der Waals surface area contributed by atoms with Crippen LogP contribution >= 0.6 is 0 Å². The second-order valence-corrected chi connectivity index (χ2v) is 10.2. The van der Waals surface area contributed by atoms with Crippen LogP contribution in [0.1, 0.15) is 28.5 Å². The van der Waals surface area contributed by atoms with Crippen LogP contribution in [0.3, 0.4) is 0 Å². The molecule has 0 saturated carbocycles. The van der Waals surface area contributed by atoms with Crippen molar-refractivity contribution >= 4 is 46.1 Å². The van der Waals surface area contributed by atoms with Crippen molar-refractivity contribution in [2.24, 2.45) is 0 Å². The van der Waals surface area contributed by atoms with E-state index in [-0.39, 0.29) is 18.1 Å². The van der Waals surface area contributed by atoms with Gasteiger partial charge in [0.2, 0.25) is 5.71 Å². The van der Waals surface area contributed by atoms with Gasteiger partial charge in [-0.25, -0.2) is 19.7 Å². The second-order valence-electron chi connectivity index (χ2n) is 10.2. The molecule has 6 heterocycles. The molecule has 4 aromatic heterocycles. The minimum absolute atomic E-state index is 0.165. The maximum atomic E-state index is 13.1. The van der Waals surface area contributed by atoms with Gasteiger partial charge in [0.15, 0.2) is 5.65 Å². The summed E-state index contributed by atoms with van der Waals surface area (Å²) in [5, 5.41) is 6.31. The summed E-state index contributed by atoms with van der Waals surface area (Å²) in [5.74, 6) is 0.402. The first kappa shape index (κ1) is 24.1. The third-order valence-corrected chi connectivity index (χ3v) is 7.13. The monoisotopic (exact) mass is 538 g/mol. The molecule has 40 heavy (non-hydrogen) atoms. The van der Waals surface area contributed by atoms with Crippen LogP contribution in [0.2, 0.25) is 0 Å². The molecule has 2 N–H and O–H groups in total. The number of rotatable bonds is 6. The maximum Gasteiger partial charge on any atom is 0.414 e. The van der Waals surface area contributed by atoms with Crippen LogP contribution in [0.4, 0.5) is 22.0 Å². The predicted molar refractivity (Wildman–Crippen MR) is 148 cm³/mol. The van der Waals surface area contributed by atoms with Gasteiger partial charge in [-0.05, 0) is 44.8 Å². The van der Waals surface area contributed by atoms with Crippen molar-refractivity contribution in [1.29, 1.82) is 0 Å². The van der Waals surface area contributed by atoms with Crippen molar-refractivity contribution < 1.29 is 18.7 Å². The Hall–Kier alpha value is -4.97. The fourth-order valence-corrected chi connectivity index (χ4v) is 5.43. The molecule has 1 atom stereocenters. The molecule has 1 unspecified atom stereocenters. The lowest BCUT2D eigenvalue weighted by molar-refractivity contribution is 0.0966. The number of hydrogen-bond acceptors (Lipinski definition) is 9. The van der Waals surface area contributed by atoms with Gasteiger partial charge in [0, 0.05) is 24.7 Å². The average molecular weight is 539 g/mol. The second kappa shape index (κ2) is 9.06. The summed E-state index contributed by atoms with van der Waals surface area (Å²) in [6.45, 7) is 3.24.